The molecule has 0 amide bonds. The van der Waals surface area contributed by atoms with E-state index >= 15 is 0 Å². The molecule has 2 rings (SSSR count). The van der Waals surface area contributed by atoms with Crippen LogP contribution in [0.15, 0.2) is 35.7 Å². The average molecular weight is 264 g/mol. The van der Waals surface area contributed by atoms with E-state index in [0.29, 0.717) is 0 Å². The summed E-state index contributed by atoms with van der Waals surface area (Å²) in [6.45, 7) is 5.95. The molecular weight excluding hydrogens is 247 g/mol. The number of halogens is 1. The number of rotatable bonds is 3. The smallest absolute Gasteiger partial charge is 0.123 e. The highest BCUT2D eigenvalue weighted by molar-refractivity contribution is 7.10. The minimum atomic E-state index is -0.581. The Bertz CT molecular complexity index is 528. The summed E-state index contributed by atoms with van der Waals surface area (Å²) >= 11 is 1.56. The lowest BCUT2D eigenvalue weighted by Gasteiger charge is -2.31. The zero-order chi connectivity index (χ0) is 13.3. The van der Waals surface area contributed by atoms with Crippen molar-refractivity contribution in [1.82, 2.24) is 0 Å². The molecule has 2 aromatic rings. The Labute approximate surface area is 111 Å². The lowest BCUT2D eigenvalue weighted by Crippen LogP contribution is -2.26. The van der Waals surface area contributed by atoms with Crippen LogP contribution in [0.5, 0.6) is 0 Å². The fourth-order valence-electron chi connectivity index (χ4n) is 2.03. The van der Waals surface area contributed by atoms with Gasteiger partial charge in [0.1, 0.15) is 5.82 Å². The van der Waals surface area contributed by atoms with E-state index in [1.807, 2.05) is 32.2 Å². The summed E-state index contributed by atoms with van der Waals surface area (Å²) < 4.78 is 13.0. The number of aliphatic hydroxyl groups is 1. The monoisotopic (exact) mass is 264 g/mol. The van der Waals surface area contributed by atoms with Gasteiger partial charge in [0.05, 0.1) is 6.10 Å². The van der Waals surface area contributed by atoms with Gasteiger partial charge in [0.15, 0.2) is 0 Å². The van der Waals surface area contributed by atoms with Crippen molar-refractivity contribution >= 4 is 11.3 Å². The van der Waals surface area contributed by atoms with Crippen LogP contribution >= 0.6 is 11.3 Å². The Morgan fingerprint density at radius 3 is 2.28 bits per heavy atom. The number of benzene rings is 1. The molecule has 3 heteroatoms. The maximum Gasteiger partial charge on any atom is 0.123 e. The third-order valence-corrected chi connectivity index (χ3v) is 4.49. The van der Waals surface area contributed by atoms with Gasteiger partial charge in [-0.25, -0.2) is 4.39 Å². The molecule has 0 fully saturated rings. The molecule has 1 aromatic heterocycles. The lowest BCUT2D eigenvalue weighted by atomic mass is 9.78. The third kappa shape index (κ3) is 2.33. The fourth-order valence-corrected chi connectivity index (χ4v) is 3.13. The van der Waals surface area contributed by atoms with E-state index in [2.05, 4.69) is 0 Å². The van der Waals surface area contributed by atoms with Gasteiger partial charge in [0.25, 0.3) is 0 Å². The Morgan fingerprint density at radius 2 is 1.78 bits per heavy atom. The minimum Gasteiger partial charge on any atom is -0.387 e. The summed E-state index contributed by atoms with van der Waals surface area (Å²) in [7, 11) is 0. The van der Waals surface area contributed by atoms with E-state index in [1.54, 1.807) is 23.5 Å². The van der Waals surface area contributed by atoms with E-state index in [1.165, 1.54) is 12.1 Å². The Morgan fingerprint density at radius 1 is 1.17 bits per heavy atom. The molecule has 0 aliphatic carbocycles. The van der Waals surface area contributed by atoms with E-state index in [9.17, 15) is 9.50 Å². The topological polar surface area (TPSA) is 20.2 Å². The molecule has 18 heavy (non-hydrogen) atoms. The highest BCUT2D eigenvalue weighted by Gasteiger charge is 2.32. The lowest BCUT2D eigenvalue weighted by molar-refractivity contribution is 0.103. The zero-order valence-electron chi connectivity index (χ0n) is 10.8. The van der Waals surface area contributed by atoms with Gasteiger partial charge in [-0.3, -0.25) is 0 Å². The second kappa shape index (κ2) is 4.82. The van der Waals surface area contributed by atoms with Crippen molar-refractivity contribution in [2.24, 2.45) is 0 Å². The van der Waals surface area contributed by atoms with Crippen molar-refractivity contribution in [2.75, 3.05) is 0 Å². The molecule has 0 saturated heterocycles. The summed E-state index contributed by atoms with van der Waals surface area (Å²) in [5.74, 6) is -0.253. The maximum absolute atomic E-state index is 13.0. The predicted octanol–water partition coefficient (Wildman–Crippen LogP) is 4.21. The molecule has 1 aromatic carbocycles. The standard InChI is InChI=1S/C15H17FOS/c1-10-8-9-18-13(10)14(17)15(2,3)11-4-6-12(16)7-5-11/h4-9,14,17H,1-3H3. The van der Waals surface area contributed by atoms with Gasteiger partial charge >= 0.3 is 0 Å². The molecule has 1 heterocycles. The summed E-state index contributed by atoms with van der Waals surface area (Å²) in [5, 5.41) is 12.5. The van der Waals surface area contributed by atoms with Gasteiger partial charge in [-0.05, 0) is 41.6 Å². The maximum atomic E-state index is 13.0. The minimum absolute atomic E-state index is 0.253. The zero-order valence-corrected chi connectivity index (χ0v) is 11.6. The van der Waals surface area contributed by atoms with Gasteiger partial charge in [-0.2, -0.15) is 0 Å². The molecule has 0 bridgehead atoms. The molecule has 0 radical (unpaired) electrons. The number of aryl methyl sites for hydroxylation is 1. The largest absolute Gasteiger partial charge is 0.387 e. The Kier molecular flexibility index (Phi) is 3.55. The molecule has 0 aliphatic heterocycles. The van der Waals surface area contributed by atoms with Crippen LogP contribution < -0.4 is 0 Å². The first-order chi connectivity index (χ1) is 8.43. The number of hydrogen-bond acceptors (Lipinski definition) is 2. The predicted molar refractivity (Wildman–Crippen MR) is 73.4 cm³/mol. The van der Waals surface area contributed by atoms with Crippen molar-refractivity contribution in [3.8, 4) is 0 Å². The van der Waals surface area contributed by atoms with Crippen molar-refractivity contribution in [3.05, 3.63) is 57.5 Å². The van der Waals surface area contributed by atoms with Crippen LogP contribution in [-0.4, -0.2) is 5.11 Å². The van der Waals surface area contributed by atoms with Crippen LogP contribution in [-0.2, 0) is 5.41 Å². The van der Waals surface area contributed by atoms with Crippen molar-refractivity contribution < 1.29 is 9.50 Å². The van der Waals surface area contributed by atoms with Gasteiger partial charge in [-0.15, -0.1) is 11.3 Å². The van der Waals surface area contributed by atoms with Crippen LogP contribution in [0.4, 0.5) is 4.39 Å². The summed E-state index contributed by atoms with van der Waals surface area (Å²) in [6.07, 6.45) is -0.581. The van der Waals surface area contributed by atoms with Crippen LogP contribution in [0, 0.1) is 12.7 Å². The highest BCUT2D eigenvalue weighted by atomic mass is 32.1. The third-order valence-electron chi connectivity index (χ3n) is 3.42. The summed E-state index contributed by atoms with van der Waals surface area (Å²) in [4.78, 5) is 0.976. The average Bonchev–Trinajstić information content (AvgIpc) is 2.75. The molecule has 1 N–H and O–H groups in total. The van der Waals surface area contributed by atoms with Crippen molar-refractivity contribution in [2.45, 2.75) is 32.3 Å². The summed E-state index contributed by atoms with van der Waals surface area (Å²) in [6, 6.07) is 8.35. The van der Waals surface area contributed by atoms with Crippen LogP contribution in [0.2, 0.25) is 0 Å². The number of hydrogen-bond donors (Lipinski definition) is 1. The molecule has 1 unspecified atom stereocenters. The van der Waals surface area contributed by atoms with Gasteiger partial charge in [0, 0.05) is 10.3 Å². The Balaban J connectivity index is 2.36. The fraction of sp³-hybridized carbons (Fsp3) is 0.333. The van der Waals surface area contributed by atoms with E-state index in [-0.39, 0.29) is 5.82 Å². The molecule has 1 nitrogen and oxygen atoms in total. The second-order valence-electron chi connectivity index (χ2n) is 5.10. The Hall–Kier alpha value is -1.19. The van der Waals surface area contributed by atoms with Crippen LogP contribution in [0.3, 0.4) is 0 Å². The summed E-state index contributed by atoms with van der Waals surface area (Å²) in [5.41, 5.74) is 1.59. The first kappa shape index (κ1) is 13.2. The van der Waals surface area contributed by atoms with Gasteiger partial charge < -0.3 is 5.11 Å². The molecule has 0 spiro atoms. The van der Waals surface area contributed by atoms with Gasteiger partial charge in [-0.1, -0.05) is 26.0 Å². The van der Waals surface area contributed by atoms with Crippen molar-refractivity contribution in [3.63, 3.8) is 0 Å². The normalized spacial score (nSPS) is 13.6. The first-order valence-corrected chi connectivity index (χ1v) is 6.79. The SMILES string of the molecule is Cc1ccsc1C(O)C(C)(C)c1ccc(F)cc1. The quantitative estimate of drug-likeness (QED) is 0.880. The first-order valence-electron chi connectivity index (χ1n) is 5.91. The molecule has 0 aliphatic rings. The van der Waals surface area contributed by atoms with Crippen LogP contribution in [0.1, 0.15) is 36.0 Å². The highest BCUT2D eigenvalue weighted by Crippen LogP contribution is 2.39. The molecule has 96 valence electrons. The second-order valence-corrected chi connectivity index (χ2v) is 6.05. The van der Waals surface area contributed by atoms with Crippen molar-refractivity contribution in [1.29, 1.82) is 0 Å². The van der Waals surface area contributed by atoms with E-state index < -0.39 is 11.5 Å². The van der Waals surface area contributed by atoms with E-state index in [4.69, 9.17) is 0 Å². The molecular formula is C15H17FOS. The van der Waals surface area contributed by atoms with Crippen LogP contribution in [0.25, 0.3) is 0 Å². The number of thiophene rings is 1. The number of aliphatic hydroxyl groups excluding tert-OH is 1. The van der Waals surface area contributed by atoms with E-state index in [0.717, 1.165) is 16.0 Å². The molecule has 0 saturated carbocycles. The molecule has 1 atom stereocenters. The van der Waals surface area contributed by atoms with Gasteiger partial charge in [0.2, 0.25) is 0 Å².